The van der Waals surface area contributed by atoms with Gasteiger partial charge in [-0.2, -0.15) is 0 Å². The van der Waals surface area contributed by atoms with Gasteiger partial charge >= 0.3 is 0 Å². The number of hydrogen-bond acceptors (Lipinski definition) is 4. The Labute approximate surface area is 127 Å². The molecule has 20 heavy (non-hydrogen) atoms. The summed E-state index contributed by atoms with van der Waals surface area (Å²) in [6.07, 6.45) is 1.38. The molecule has 0 aliphatic heterocycles. The quantitative estimate of drug-likeness (QED) is 0.915. The maximum absolute atomic E-state index is 12.4. The van der Waals surface area contributed by atoms with Crippen molar-refractivity contribution in [2.24, 2.45) is 13.0 Å². The minimum Gasteiger partial charge on any atom is -0.324 e. The van der Waals surface area contributed by atoms with Crippen LogP contribution in [-0.4, -0.2) is 18.0 Å². The summed E-state index contributed by atoms with van der Waals surface area (Å²) in [6, 6.07) is 3.52. The van der Waals surface area contributed by atoms with Gasteiger partial charge < -0.3 is 4.57 Å². The smallest absolute Gasteiger partial charge is 0.261 e. The lowest BCUT2D eigenvalue weighted by molar-refractivity contribution is 0.468. The molecule has 1 atom stereocenters. The van der Waals surface area contributed by atoms with E-state index in [2.05, 4.69) is 9.71 Å². The molecule has 0 amide bonds. The molecular formula is C12H16ClN3O2S2. The Morgan fingerprint density at radius 3 is 2.60 bits per heavy atom. The van der Waals surface area contributed by atoms with E-state index in [-0.39, 0.29) is 22.1 Å². The molecule has 5 nitrogen and oxygen atoms in total. The number of nitrogens with zero attached hydrogens (tertiary/aromatic N) is 2. The normalized spacial score (nSPS) is 13.8. The minimum atomic E-state index is -3.75. The summed E-state index contributed by atoms with van der Waals surface area (Å²) in [5.74, 6) is 0.117. The number of aryl methyl sites for hydroxylation is 1. The standard InChI is InChI=1S/C12H16ClN3O2S2/c1-8(2)10(9-5-4-6-19-9)15-20(17,18)12-11(13)16(3)7-14-12/h4-8,10,15H,1-3H3. The zero-order valence-electron chi connectivity index (χ0n) is 11.4. The molecule has 0 aromatic carbocycles. The fraction of sp³-hybridized carbons (Fsp3) is 0.417. The van der Waals surface area contributed by atoms with Crippen molar-refractivity contribution in [1.29, 1.82) is 0 Å². The van der Waals surface area contributed by atoms with Crippen molar-refractivity contribution in [3.05, 3.63) is 33.9 Å². The van der Waals surface area contributed by atoms with Crippen LogP contribution in [0.15, 0.2) is 28.9 Å². The number of hydrogen-bond donors (Lipinski definition) is 1. The van der Waals surface area contributed by atoms with Gasteiger partial charge in [0.05, 0.1) is 12.4 Å². The number of halogens is 1. The van der Waals surface area contributed by atoms with E-state index in [0.29, 0.717) is 0 Å². The zero-order valence-corrected chi connectivity index (χ0v) is 13.8. The van der Waals surface area contributed by atoms with Gasteiger partial charge in [0, 0.05) is 11.9 Å². The van der Waals surface area contributed by atoms with Crippen LogP contribution in [0, 0.1) is 5.92 Å². The molecule has 0 bridgehead atoms. The Morgan fingerprint density at radius 1 is 1.45 bits per heavy atom. The van der Waals surface area contributed by atoms with Crippen LogP contribution in [0.2, 0.25) is 5.15 Å². The highest BCUT2D eigenvalue weighted by Gasteiger charge is 2.28. The third kappa shape index (κ3) is 3.06. The first-order chi connectivity index (χ1) is 9.33. The van der Waals surface area contributed by atoms with E-state index in [1.54, 1.807) is 7.05 Å². The Morgan fingerprint density at radius 2 is 2.15 bits per heavy atom. The summed E-state index contributed by atoms with van der Waals surface area (Å²) in [7, 11) is -2.10. The van der Waals surface area contributed by atoms with Crippen LogP contribution in [0.1, 0.15) is 24.8 Å². The summed E-state index contributed by atoms with van der Waals surface area (Å²) in [5.41, 5.74) is 0. The van der Waals surface area contributed by atoms with Gasteiger partial charge in [-0.25, -0.2) is 18.1 Å². The van der Waals surface area contributed by atoms with Crippen molar-refractivity contribution >= 4 is 33.0 Å². The molecule has 0 saturated heterocycles. The minimum absolute atomic E-state index is 0.103. The molecule has 2 aromatic rings. The molecule has 1 unspecified atom stereocenters. The van der Waals surface area contributed by atoms with Gasteiger partial charge in [0.2, 0.25) is 5.03 Å². The lowest BCUT2D eigenvalue weighted by Crippen LogP contribution is -2.31. The SMILES string of the molecule is CC(C)C(NS(=O)(=O)c1ncn(C)c1Cl)c1cccs1. The monoisotopic (exact) mass is 333 g/mol. The number of sulfonamides is 1. The van der Waals surface area contributed by atoms with Gasteiger partial charge in [-0.1, -0.05) is 31.5 Å². The molecule has 8 heteroatoms. The molecule has 2 heterocycles. The highest BCUT2D eigenvalue weighted by atomic mass is 35.5. The molecule has 0 fully saturated rings. The number of thiophene rings is 1. The van der Waals surface area contributed by atoms with E-state index >= 15 is 0 Å². The zero-order chi connectivity index (χ0) is 14.9. The van der Waals surface area contributed by atoms with Crippen LogP contribution >= 0.6 is 22.9 Å². The molecule has 0 spiro atoms. The number of aromatic nitrogens is 2. The van der Waals surface area contributed by atoms with Crippen LogP contribution in [0.3, 0.4) is 0 Å². The number of imidazole rings is 1. The fourth-order valence-corrected chi connectivity index (χ4v) is 4.61. The third-order valence-corrected chi connectivity index (χ3v) is 5.77. The molecule has 0 saturated carbocycles. The maximum Gasteiger partial charge on any atom is 0.261 e. The molecule has 1 N–H and O–H groups in total. The molecule has 0 aliphatic rings. The van der Waals surface area contributed by atoms with Crippen molar-refractivity contribution in [3.63, 3.8) is 0 Å². The Bertz CT molecular complexity index is 678. The van der Waals surface area contributed by atoms with Crippen molar-refractivity contribution in [2.45, 2.75) is 24.9 Å². The second kappa shape index (κ2) is 5.85. The van der Waals surface area contributed by atoms with Crippen molar-refractivity contribution < 1.29 is 8.42 Å². The fourth-order valence-electron chi connectivity index (χ4n) is 1.79. The van der Waals surface area contributed by atoms with Gasteiger partial charge in [-0.3, -0.25) is 0 Å². The Hall–Kier alpha value is -0.890. The van der Waals surface area contributed by atoms with Crippen molar-refractivity contribution in [1.82, 2.24) is 14.3 Å². The first kappa shape index (κ1) is 15.5. The average Bonchev–Trinajstić information content (AvgIpc) is 2.98. The van der Waals surface area contributed by atoms with E-state index in [1.807, 2.05) is 31.4 Å². The van der Waals surface area contributed by atoms with Gasteiger partial charge in [-0.15, -0.1) is 11.3 Å². The molecule has 2 aromatic heterocycles. The third-order valence-electron chi connectivity index (χ3n) is 2.89. The van der Waals surface area contributed by atoms with Crippen LogP contribution < -0.4 is 4.72 Å². The highest BCUT2D eigenvalue weighted by Crippen LogP contribution is 2.28. The van der Waals surface area contributed by atoms with Gasteiger partial charge in [-0.05, 0) is 17.4 Å². The molecule has 110 valence electrons. The van der Waals surface area contributed by atoms with Gasteiger partial charge in [0.25, 0.3) is 10.0 Å². The topological polar surface area (TPSA) is 64.0 Å². The summed E-state index contributed by atoms with van der Waals surface area (Å²) in [4.78, 5) is 4.83. The van der Waals surface area contributed by atoms with E-state index in [9.17, 15) is 8.42 Å². The average molecular weight is 334 g/mol. The predicted octanol–water partition coefficient (Wildman–Crippen LogP) is 2.81. The Kier molecular flexibility index (Phi) is 4.53. The molecule has 2 rings (SSSR count). The van der Waals surface area contributed by atoms with Crippen LogP contribution in [-0.2, 0) is 17.1 Å². The lowest BCUT2D eigenvalue weighted by atomic mass is 10.0. The molecular weight excluding hydrogens is 318 g/mol. The van der Waals surface area contributed by atoms with E-state index in [4.69, 9.17) is 11.6 Å². The summed E-state index contributed by atoms with van der Waals surface area (Å²) >= 11 is 7.48. The van der Waals surface area contributed by atoms with Crippen molar-refractivity contribution in [3.8, 4) is 0 Å². The second-order valence-electron chi connectivity index (χ2n) is 4.81. The first-order valence-corrected chi connectivity index (χ1v) is 8.79. The number of nitrogens with one attached hydrogen (secondary N) is 1. The summed E-state index contributed by atoms with van der Waals surface area (Å²) in [5, 5.41) is 1.89. The first-order valence-electron chi connectivity index (χ1n) is 6.05. The Balaban J connectivity index is 2.33. The summed E-state index contributed by atoms with van der Waals surface area (Å²) < 4.78 is 29.0. The highest BCUT2D eigenvalue weighted by molar-refractivity contribution is 7.89. The van der Waals surface area contributed by atoms with Gasteiger partial charge in [0.15, 0.2) is 0 Å². The van der Waals surface area contributed by atoms with Crippen LogP contribution in [0.25, 0.3) is 0 Å². The predicted molar refractivity (Wildman–Crippen MR) is 80.4 cm³/mol. The van der Waals surface area contributed by atoms with E-state index in [0.717, 1.165) is 4.88 Å². The second-order valence-corrected chi connectivity index (χ2v) is 7.78. The molecule has 0 radical (unpaired) electrons. The van der Waals surface area contributed by atoms with Crippen LogP contribution in [0.4, 0.5) is 0 Å². The maximum atomic E-state index is 12.4. The number of rotatable bonds is 5. The lowest BCUT2D eigenvalue weighted by Gasteiger charge is -2.20. The largest absolute Gasteiger partial charge is 0.324 e. The van der Waals surface area contributed by atoms with Crippen LogP contribution in [0.5, 0.6) is 0 Å². The van der Waals surface area contributed by atoms with Gasteiger partial charge in [0.1, 0.15) is 5.15 Å². The summed E-state index contributed by atoms with van der Waals surface area (Å²) in [6.45, 7) is 3.93. The van der Waals surface area contributed by atoms with Crippen molar-refractivity contribution in [2.75, 3.05) is 0 Å². The molecule has 0 aliphatic carbocycles. The van der Waals surface area contributed by atoms with E-state index < -0.39 is 10.0 Å². The van der Waals surface area contributed by atoms with E-state index in [1.165, 1.54) is 22.2 Å².